The van der Waals surface area contributed by atoms with E-state index in [1.807, 2.05) is 0 Å². The first-order valence-electron chi connectivity index (χ1n) is 5.06. The SMILES string of the molecule is O=C(NCc1cc(=O)[nH][nH]1)c1ccc(Cl)cc1Cl. The van der Waals surface area contributed by atoms with Crippen molar-refractivity contribution in [3.63, 3.8) is 0 Å². The molecule has 3 N–H and O–H groups in total. The molecule has 0 aliphatic rings. The predicted molar refractivity (Wildman–Crippen MR) is 69.0 cm³/mol. The van der Waals surface area contributed by atoms with Gasteiger partial charge < -0.3 is 10.4 Å². The topological polar surface area (TPSA) is 77.8 Å². The Kier molecular flexibility index (Phi) is 3.74. The largest absolute Gasteiger partial charge is 0.346 e. The summed E-state index contributed by atoms with van der Waals surface area (Å²) in [4.78, 5) is 22.7. The van der Waals surface area contributed by atoms with Gasteiger partial charge in [-0.1, -0.05) is 23.2 Å². The summed E-state index contributed by atoms with van der Waals surface area (Å²) in [5, 5.41) is 8.38. The molecule has 1 amide bonds. The molecule has 0 radical (unpaired) electrons. The second kappa shape index (κ2) is 5.29. The number of carbonyl (C=O) groups is 1. The van der Waals surface area contributed by atoms with E-state index < -0.39 is 0 Å². The highest BCUT2D eigenvalue weighted by molar-refractivity contribution is 6.36. The van der Waals surface area contributed by atoms with E-state index in [0.29, 0.717) is 16.3 Å². The van der Waals surface area contributed by atoms with Crippen LogP contribution in [0.25, 0.3) is 0 Å². The fourth-order valence-electron chi connectivity index (χ4n) is 1.41. The number of rotatable bonds is 3. The monoisotopic (exact) mass is 285 g/mol. The Morgan fingerprint density at radius 1 is 1.22 bits per heavy atom. The van der Waals surface area contributed by atoms with Gasteiger partial charge in [0.2, 0.25) is 0 Å². The van der Waals surface area contributed by atoms with Gasteiger partial charge in [0.25, 0.3) is 11.5 Å². The number of hydrogen-bond acceptors (Lipinski definition) is 2. The molecule has 7 heteroatoms. The van der Waals surface area contributed by atoms with Crippen molar-refractivity contribution in [2.45, 2.75) is 6.54 Å². The molecule has 5 nitrogen and oxygen atoms in total. The molecule has 0 aliphatic carbocycles. The van der Waals surface area contributed by atoms with Crippen molar-refractivity contribution in [2.24, 2.45) is 0 Å². The van der Waals surface area contributed by atoms with E-state index in [9.17, 15) is 9.59 Å². The van der Waals surface area contributed by atoms with Gasteiger partial charge in [-0.05, 0) is 18.2 Å². The number of aromatic amines is 2. The minimum atomic E-state index is -0.335. The Balaban J connectivity index is 2.06. The smallest absolute Gasteiger partial charge is 0.264 e. The van der Waals surface area contributed by atoms with Gasteiger partial charge in [0.15, 0.2) is 0 Å². The fraction of sp³-hybridized carbons (Fsp3) is 0.0909. The van der Waals surface area contributed by atoms with Crippen molar-refractivity contribution >= 4 is 29.1 Å². The normalized spacial score (nSPS) is 10.3. The number of benzene rings is 1. The van der Waals surface area contributed by atoms with Gasteiger partial charge in [-0.3, -0.25) is 14.7 Å². The second-order valence-corrected chi connectivity index (χ2v) is 4.43. The molecule has 2 aromatic rings. The highest BCUT2D eigenvalue weighted by Gasteiger charge is 2.10. The molecule has 94 valence electrons. The highest BCUT2D eigenvalue weighted by Crippen LogP contribution is 2.20. The molecule has 0 spiro atoms. The van der Waals surface area contributed by atoms with Crippen molar-refractivity contribution in [1.29, 1.82) is 0 Å². The van der Waals surface area contributed by atoms with Crippen LogP contribution in [0.4, 0.5) is 0 Å². The zero-order chi connectivity index (χ0) is 13.1. The lowest BCUT2D eigenvalue weighted by molar-refractivity contribution is 0.0950. The molecular weight excluding hydrogens is 277 g/mol. The molecule has 0 saturated carbocycles. The lowest BCUT2D eigenvalue weighted by Gasteiger charge is -2.05. The Hall–Kier alpha value is -1.72. The van der Waals surface area contributed by atoms with Gasteiger partial charge in [-0.2, -0.15) is 0 Å². The van der Waals surface area contributed by atoms with E-state index in [-0.39, 0.29) is 23.0 Å². The van der Waals surface area contributed by atoms with Crippen molar-refractivity contribution < 1.29 is 4.79 Å². The Morgan fingerprint density at radius 2 is 2.00 bits per heavy atom. The summed E-state index contributed by atoms with van der Waals surface area (Å²) in [6.07, 6.45) is 0. The Labute approximate surface area is 112 Å². The molecule has 0 atom stereocenters. The van der Waals surface area contributed by atoms with Gasteiger partial charge in [0, 0.05) is 11.1 Å². The van der Waals surface area contributed by atoms with Gasteiger partial charge in [0.1, 0.15) is 0 Å². The number of halogens is 2. The van der Waals surface area contributed by atoms with E-state index in [2.05, 4.69) is 15.5 Å². The molecule has 0 unspecified atom stereocenters. The summed E-state index contributed by atoms with van der Waals surface area (Å²) in [6.45, 7) is 0.205. The molecule has 18 heavy (non-hydrogen) atoms. The molecule has 2 rings (SSSR count). The van der Waals surface area contributed by atoms with E-state index in [4.69, 9.17) is 23.2 Å². The summed E-state index contributed by atoms with van der Waals surface area (Å²) in [5.74, 6) is -0.335. The standard InChI is InChI=1S/C11H9Cl2N3O2/c12-6-1-2-8(9(13)3-6)11(18)14-5-7-4-10(17)16-15-7/h1-4H,5H2,(H,14,18)(H2,15,16,17). The third-order valence-electron chi connectivity index (χ3n) is 2.27. The van der Waals surface area contributed by atoms with Crippen molar-refractivity contribution in [3.8, 4) is 0 Å². The van der Waals surface area contributed by atoms with Crippen molar-refractivity contribution in [1.82, 2.24) is 15.5 Å². The van der Waals surface area contributed by atoms with Crippen LogP contribution in [0, 0.1) is 0 Å². The number of carbonyl (C=O) groups excluding carboxylic acids is 1. The van der Waals surface area contributed by atoms with Crippen LogP contribution in [0.5, 0.6) is 0 Å². The van der Waals surface area contributed by atoms with Crippen LogP contribution in [-0.2, 0) is 6.54 Å². The lowest BCUT2D eigenvalue weighted by Crippen LogP contribution is -2.23. The fourth-order valence-corrected chi connectivity index (χ4v) is 1.91. The second-order valence-electron chi connectivity index (χ2n) is 3.59. The first-order valence-corrected chi connectivity index (χ1v) is 5.81. The first-order chi connectivity index (χ1) is 8.56. The van der Waals surface area contributed by atoms with Crippen LogP contribution < -0.4 is 10.9 Å². The van der Waals surface area contributed by atoms with Crippen LogP contribution in [0.2, 0.25) is 10.0 Å². The maximum absolute atomic E-state index is 11.8. The highest BCUT2D eigenvalue weighted by atomic mass is 35.5. The van der Waals surface area contributed by atoms with E-state index in [0.717, 1.165) is 0 Å². The van der Waals surface area contributed by atoms with E-state index in [1.165, 1.54) is 12.1 Å². The maximum Gasteiger partial charge on any atom is 0.264 e. The maximum atomic E-state index is 11.8. The lowest BCUT2D eigenvalue weighted by atomic mass is 10.2. The Bertz CT molecular complexity index is 633. The van der Waals surface area contributed by atoms with Crippen LogP contribution in [0.3, 0.4) is 0 Å². The van der Waals surface area contributed by atoms with E-state index in [1.54, 1.807) is 12.1 Å². The number of aromatic nitrogens is 2. The molecule has 0 bridgehead atoms. The quantitative estimate of drug-likeness (QED) is 0.806. The van der Waals surface area contributed by atoms with Crippen LogP contribution in [0.1, 0.15) is 16.1 Å². The van der Waals surface area contributed by atoms with Gasteiger partial charge in [-0.15, -0.1) is 0 Å². The summed E-state index contributed by atoms with van der Waals surface area (Å²) in [6, 6.07) is 5.99. The van der Waals surface area contributed by atoms with Crippen LogP contribution in [-0.4, -0.2) is 16.1 Å². The number of nitrogens with one attached hydrogen (secondary N) is 3. The van der Waals surface area contributed by atoms with Crippen LogP contribution in [0.15, 0.2) is 29.1 Å². The average Bonchev–Trinajstić information content (AvgIpc) is 2.72. The molecule has 0 aliphatic heterocycles. The number of H-pyrrole nitrogens is 2. The zero-order valence-electron chi connectivity index (χ0n) is 9.09. The number of amides is 1. The molecule has 1 aromatic carbocycles. The summed E-state index contributed by atoms with van der Waals surface area (Å²) < 4.78 is 0. The molecular formula is C11H9Cl2N3O2. The first kappa shape index (κ1) is 12.7. The summed E-state index contributed by atoms with van der Waals surface area (Å²) in [5.41, 5.74) is 0.668. The van der Waals surface area contributed by atoms with Gasteiger partial charge >= 0.3 is 0 Å². The predicted octanol–water partition coefficient (Wildman–Crippen LogP) is 1.94. The third kappa shape index (κ3) is 2.94. The zero-order valence-corrected chi connectivity index (χ0v) is 10.6. The van der Waals surface area contributed by atoms with Crippen molar-refractivity contribution in [2.75, 3.05) is 0 Å². The van der Waals surface area contributed by atoms with E-state index >= 15 is 0 Å². The van der Waals surface area contributed by atoms with Gasteiger partial charge in [-0.25, -0.2) is 0 Å². The molecule has 1 heterocycles. The number of hydrogen-bond donors (Lipinski definition) is 3. The molecule has 0 fully saturated rings. The minimum absolute atomic E-state index is 0.205. The van der Waals surface area contributed by atoms with Crippen molar-refractivity contribution in [3.05, 3.63) is 55.9 Å². The molecule has 0 saturated heterocycles. The third-order valence-corrected chi connectivity index (χ3v) is 2.81. The minimum Gasteiger partial charge on any atom is -0.346 e. The van der Waals surface area contributed by atoms with Gasteiger partial charge in [0.05, 0.1) is 22.8 Å². The average molecular weight is 286 g/mol. The summed E-state index contributed by atoms with van der Waals surface area (Å²) in [7, 11) is 0. The Morgan fingerprint density at radius 3 is 2.61 bits per heavy atom. The summed E-state index contributed by atoms with van der Waals surface area (Å²) >= 11 is 11.6. The molecule has 1 aromatic heterocycles. The van der Waals surface area contributed by atoms with Crippen LogP contribution >= 0.6 is 23.2 Å².